The Hall–Kier alpha value is -3.29. The summed E-state index contributed by atoms with van der Waals surface area (Å²) in [5.74, 6) is -0.412. The second kappa shape index (κ2) is 9.96. The van der Waals surface area contributed by atoms with Crippen molar-refractivity contribution in [2.75, 3.05) is 27.4 Å². The summed E-state index contributed by atoms with van der Waals surface area (Å²) in [5, 5.41) is 0. The number of hydrogen-bond acceptors (Lipinski definition) is 7. The van der Waals surface area contributed by atoms with Gasteiger partial charge in [-0.15, -0.1) is 0 Å². The van der Waals surface area contributed by atoms with Gasteiger partial charge in [-0.3, -0.25) is 4.79 Å². The van der Waals surface area contributed by atoms with Crippen LogP contribution >= 0.6 is 0 Å². The van der Waals surface area contributed by atoms with Crippen molar-refractivity contribution < 1.29 is 33.3 Å². The fraction of sp³-hybridized carbons (Fsp3) is 0.409. The molecule has 162 valence electrons. The van der Waals surface area contributed by atoms with E-state index in [2.05, 4.69) is 4.98 Å². The number of aromatic nitrogens is 1. The third-order valence-electron chi connectivity index (χ3n) is 4.41. The number of ketones is 1. The lowest BCUT2D eigenvalue weighted by Crippen LogP contribution is -2.16. The lowest BCUT2D eigenvalue weighted by Gasteiger charge is -2.13. The van der Waals surface area contributed by atoms with Crippen LogP contribution in [0.4, 0.5) is 0 Å². The Bertz CT molecular complexity index is 943. The zero-order valence-electron chi connectivity index (χ0n) is 18.1. The predicted molar refractivity (Wildman–Crippen MR) is 110 cm³/mol. The van der Waals surface area contributed by atoms with E-state index in [9.17, 15) is 14.4 Å². The highest BCUT2D eigenvalue weighted by atomic mass is 16.5. The van der Waals surface area contributed by atoms with Crippen LogP contribution in [0, 0.1) is 19.8 Å². The number of esters is 2. The van der Waals surface area contributed by atoms with E-state index in [-0.39, 0.29) is 11.3 Å². The summed E-state index contributed by atoms with van der Waals surface area (Å²) in [6, 6.07) is 4.67. The number of hydrogen-bond donors (Lipinski definition) is 1. The van der Waals surface area contributed by atoms with Gasteiger partial charge in [0.05, 0.1) is 37.6 Å². The van der Waals surface area contributed by atoms with E-state index in [0.717, 1.165) is 0 Å². The fourth-order valence-electron chi connectivity index (χ4n) is 2.89. The summed E-state index contributed by atoms with van der Waals surface area (Å²) < 4.78 is 20.8. The Balaban J connectivity index is 2.09. The van der Waals surface area contributed by atoms with E-state index >= 15 is 0 Å². The average molecular weight is 417 g/mol. The monoisotopic (exact) mass is 417 g/mol. The molecule has 0 saturated carbocycles. The van der Waals surface area contributed by atoms with E-state index in [1.165, 1.54) is 20.3 Å². The Morgan fingerprint density at radius 2 is 1.73 bits per heavy atom. The van der Waals surface area contributed by atoms with Crippen LogP contribution in [-0.2, 0) is 9.47 Å². The Labute approximate surface area is 175 Å². The molecule has 1 heterocycles. The van der Waals surface area contributed by atoms with Gasteiger partial charge in [-0.2, -0.15) is 0 Å². The van der Waals surface area contributed by atoms with E-state index in [1.54, 1.807) is 26.0 Å². The quantitative estimate of drug-likeness (QED) is 0.492. The van der Waals surface area contributed by atoms with Gasteiger partial charge in [-0.05, 0) is 43.5 Å². The third-order valence-corrected chi connectivity index (χ3v) is 4.41. The Kier molecular flexibility index (Phi) is 7.63. The SMILES string of the molecule is COC(=O)c1c(C)[nH]c(C(=O)COC(=O)c2ccc(OCC(C)C)c(OC)c2)c1C. The number of Topliss-reactive ketones (excluding diaryl/α,β-unsaturated/α-hetero) is 1. The van der Waals surface area contributed by atoms with Crippen LogP contribution in [0.5, 0.6) is 11.5 Å². The smallest absolute Gasteiger partial charge is 0.339 e. The summed E-state index contributed by atoms with van der Waals surface area (Å²) >= 11 is 0. The van der Waals surface area contributed by atoms with Crippen LogP contribution in [0.1, 0.15) is 56.3 Å². The van der Waals surface area contributed by atoms with Crippen LogP contribution in [-0.4, -0.2) is 50.1 Å². The predicted octanol–water partition coefficient (Wildman–Crippen LogP) is 3.50. The molecule has 8 nitrogen and oxygen atoms in total. The summed E-state index contributed by atoms with van der Waals surface area (Å²) in [6.07, 6.45) is 0. The van der Waals surface area contributed by atoms with E-state index < -0.39 is 24.3 Å². The molecule has 0 atom stereocenters. The molecule has 0 bridgehead atoms. The zero-order chi connectivity index (χ0) is 22.4. The van der Waals surface area contributed by atoms with Crippen LogP contribution < -0.4 is 9.47 Å². The first-order valence-corrected chi connectivity index (χ1v) is 9.48. The second-order valence-electron chi connectivity index (χ2n) is 7.19. The molecule has 2 rings (SSSR count). The molecular weight excluding hydrogens is 390 g/mol. The minimum atomic E-state index is -0.675. The molecule has 0 spiro atoms. The zero-order valence-corrected chi connectivity index (χ0v) is 18.1. The normalized spacial score (nSPS) is 10.6. The van der Waals surface area contributed by atoms with Crippen molar-refractivity contribution in [2.24, 2.45) is 5.92 Å². The largest absolute Gasteiger partial charge is 0.493 e. The maximum Gasteiger partial charge on any atom is 0.339 e. The number of nitrogens with one attached hydrogen (secondary N) is 1. The number of aryl methyl sites for hydroxylation is 1. The number of aromatic amines is 1. The molecule has 0 radical (unpaired) electrons. The molecule has 2 aromatic rings. The molecule has 0 saturated heterocycles. The number of carbonyl (C=O) groups excluding carboxylic acids is 3. The van der Waals surface area contributed by atoms with Gasteiger partial charge in [-0.25, -0.2) is 9.59 Å². The van der Waals surface area contributed by atoms with Gasteiger partial charge in [0.15, 0.2) is 18.1 Å². The molecular formula is C22H27NO7. The molecule has 0 aliphatic heterocycles. The van der Waals surface area contributed by atoms with Crippen molar-refractivity contribution in [2.45, 2.75) is 27.7 Å². The molecule has 1 N–H and O–H groups in total. The number of rotatable bonds is 9. The van der Waals surface area contributed by atoms with Crippen molar-refractivity contribution in [1.82, 2.24) is 4.98 Å². The number of benzene rings is 1. The van der Waals surface area contributed by atoms with Crippen molar-refractivity contribution >= 4 is 17.7 Å². The first-order chi connectivity index (χ1) is 14.2. The molecule has 0 unspecified atom stereocenters. The van der Waals surface area contributed by atoms with Crippen LogP contribution in [0.3, 0.4) is 0 Å². The average Bonchev–Trinajstić information content (AvgIpc) is 3.03. The molecule has 0 aliphatic rings. The number of ether oxygens (including phenoxy) is 4. The van der Waals surface area contributed by atoms with Gasteiger partial charge in [0, 0.05) is 5.69 Å². The maximum atomic E-state index is 12.5. The van der Waals surface area contributed by atoms with E-state index in [0.29, 0.717) is 40.8 Å². The van der Waals surface area contributed by atoms with Crippen molar-refractivity contribution in [1.29, 1.82) is 0 Å². The summed E-state index contributed by atoms with van der Waals surface area (Å²) in [4.78, 5) is 39.6. The van der Waals surface area contributed by atoms with Gasteiger partial charge in [0.1, 0.15) is 0 Å². The summed E-state index contributed by atoms with van der Waals surface area (Å²) in [7, 11) is 2.75. The molecule has 8 heteroatoms. The maximum absolute atomic E-state index is 12.5. The van der Waals surface area contributed by atoms with Crippen LogP contribution in [0.25, 0.3) is 0 Å². The van der Waals surface area contributed by atoms with Gasteiger partial charge in [0.2, 0.25) is 5.78 Å². The van der Waals surface area contributed by atoms with Crippen LogP contribution in [0.15, 0.2) is 18.2 Å². The second-order valence-corrected chi connectivity index (χ2v) is 7.19. The lowest BCUT2D eigenvalue weighted by atomic mass is 10.1. The first kappa shape index (κ1) is 23.0. The molecule has 1 aromatic heterocycles. The van der Waals surface area contributed by atoms with Gasteiger partial charge >= 0.3 is 11.9 Å². The number of carbonyl (C=O) groups is 3. The minimum Gasteiger partial charge on any atom is -0.493 e. The Morgan fingerprint density at radius 1 is 1.03 bits per heavy atom. The summed E-state index contributed by atoms with van der Waals surface area (Å²) in [5.41, 5.74) is 1.69. The minimum absolute atomic E-state index is 0.204. The van der Waals surface area contributed by atoms with Gasteiger partial charge in [0.25, 0.3) is 0 Å². The number of H-pyrrole nitrogens is 1. The highest BCUT2D eigenvalue weighted by Gasteiger charge is 2.23. The van der Waals surface area contributed by atoms with Gasteiger partial charge in [-0.1, -0.05) is 13.8 Å². The molecule has 1 aromatic carbocycles. The highest BCUT2D eigenvalue weighted by molar-refractivity contribution is 6.03. The molecule has 0 aliphatic carbocycles. The van der Waals surface area contributed by atoms with Crippen molar-refractivity contribution in [3.05, 3.63) is 46.3 Å². The van der Waals surface area contributed by atoms with Crippen molar-refractivity contribution in [3.63, 3.8) is 0 Å². The number of methoxy groups -OCH3 is 2. The van der Waals surface area contributed by atoms with E-state index in [4.69, 9.17) is 18.9 Å². The van der Waals surface area contributed by atoms with Crippen LogP contribution in [0.2, 0.25) is 0 Å². The van der Waals surface area contributed by atoms with Crippen molar-refractivity contribution in [3.8, 4) is 11.5 Å². The molecule has 0 amide bonds. The third kappa shape index (κ3) is 5.20. The van der Waals surface area contributed by atoms with E-state index in [1.807, 2.05) is 13.8 Å². The molecule has 0 fully saturated rings. The standard InChI is InChI=1S/C22H27NO7/c1-12(2)10-29-17-8-7-15(9-18(17)27-5)21(25)30-11-16(24)20-13(3)19(14(4)23-20)22(26)28-6/h7-9,12,23H,10-11H2,1-6H3. The lowest BCUT2D eigenvalue weighted by molar-refractivity contribution is 0.0472. The molecule has 30 heavy (non-hydrogen) atoms. The summed E-state index contributed by atoms with van der Waals surface area (Å²) in [6.45, 7) is 7.38. The topological polar surface area (TPSA) is 104 Å². The highest BCUT2D eigenvalue weighted by Crippen LogP contribution is 2.29. The first-order valence-electron chi connectivity index (χ1n) is 9.48. The van der Waals surface area contributed by atoms with Gasteiger partial charge < -0.3 is 23.9 Å². The fourth-order valence-corrected chi connectivity index (χ4v) is 2.89. The Morgan fingerprint density at radius 3 is 2.33 bits per heavy atom.